The van der Waals surface area contributed by atoms with E-state index in [9.17, 15) is 17.7 Å². The van der Waals surface area contributed by atoms with Crippen LogP contribution < -0.4 is 10.1 Å². The van der Waals surface area contributed by atoms with Crippen molar-refractivity contribution in [2.24, 2.45) is 0 Å². The minimum Gasteiger partial charge on any atom is -0.495 e. The van der Waals surface area contributed by atoms with Crippen molar-refractivity contribution in [1.82, 2.24) is 9.97 Å². The zero-order chi connectivity index (χ0) is 20.2. The third-order valence-electron chi connectivity index (χ3n) is 3.85. The van der Waals surface area contributed by atoms with Crippen LogP contribution in [0.3, 0.4) is 0 Å². The summed E-state index contributed by atoms with van der Waals surface area (Å²) >= 11 is 5.59. The molecule has 27 heavy (non-hydrogen) atoms. The van der Waals surface area contributed by atoms with Crippen molar-refractivity contribution in [3.63, 3.8) is 0 Å². The van der Waals surface area contributed by atoms with Crippen LogP contribution in [-0.4, -0.2) is 27.6 Å². The third kappa shape index (κ3) is 5.82. The van der Waals surface area contributed by atoms with Gasteiger partial charge >= 0.3 is 6.18 Å². The van der Waals surface area contributed by atoms with Gasteiger partial charge in [-0.05, 0) is 30.5 Å². The Morgan fingerprint density at radius 3 is 2.67 bits per heavy atom. The zero-order valence-corrected chi connectivity index (χ0v) is 16.2. The molecular formula is C16H18ClF3N3O3P. The Labute approximate surface area is 159 Å². The zero-order valence-electron chi connectivity index (χ0n) is 14.5. The largest absolute Gasteiger partial charge is 0.495 e. The molecule has 0 amide bonds. The Kier molecular flexibility index (Phi) is 7.08. The second-order valence-corrected chi connectivity index (χ2v) is 7.85. The van der Waals surface area contributed by atoms with E-state index in [-0.39, 0.29) is 11.6 Å². The van der Waals surface area contributed by atoms with Gasteiger partial charge in [-0.15, -0.1) is 0 Å². The number of anilines is 2. The van der Waals surface area contributed by atoms with Gasteiger partial charge in [-0.25, -0.2) is 9.97 Å². The molecule has 1 aromatic carbocycles. The van der Waals surface area contributed by atoms with E-state index in [4.69, 9.17) is 21.2 Å². The monoisotopic (exact) mass is 423 g/mol. The molecule has 6 nitrogen and oxygen atoms in total. The van der Waals surface area contributed by atoms with Crippen LogP contribution in [0, 0.1) is 0 Å². The van der Waals surface area contributed by atoms with Gasteiger partial charge in [-0.3, -0.25) is 4.57 Å². The van der Waals surface area contributed by atoms with Crippen LogP contribution in [0.2, 0.25) is 5.15 Å². The molecule has 0 spiro atoms. The average molecular weight is 424 g/mol. The number of halogens is 4. The van der Waals surface area contributed by atoms with Gasteiger partial charge in [0.25, 0.3) is 0 Å². The first-order valence-corrected chi connectivity index (χ1v) is 9.69. The molecule has 0 saturated carbocycles. The standard InChI is InChI=1S/C16H18ClF3N3O3P/c1-9(27(24)25)3-4-10-5-6-12(13(7-10)26-2)22-15-21-8-11(14(17)23-15)16(18,19)20/h5-9,27H,3-4H2,1-2H3,(H,24,25)(H,21,22,23). The van der Waals surface area contributed by atoms with Crippen LogP contribution in [0.5, 0.6) is 5.75 Å². The van der Waals surface area contributed by atoms with Gasteiger partial charge in [0, 0.05) is 11.9 Å². The van der Waals surface area contributed by atoms with Gasteiger partial charge in [0.2, 0.25) is 5.95 Å². The minimum atomic E-state index is -4.63. The predicted octanol–water partition coefficient (Wildman–Crippen LogP) is 4.69. The van der Waals surface area contributed by atoms with Gasteiger partial charge in [-0.1, -0.05) is 24.6 Å². The number of benzene rings is 1. The van der Waals surface area contributed by atoms with Gasteiger partial charge < -0.3 is 14.9 Å². The molecule has 0 aliphatic rings. The van der Waals surface area contributed by atoms with Crippen molar-refractivity contribution < 1.29 is 27.4 Å². The third-order valence-corrected chi connectivity index (χ3v) is 5.27. The van der Waals surface area contributed by atoms with Crippen LogP contribution in [0.4, 0.5) is 24.8 Å². The van der Waals surface area contributed by atoms with E-state index >= 15 is 0 Å². The van der Waals surface area contributed by atoms with Crippen molar-refractivity contribution in [2.45, 2.75) is 31.6 Å². The topological polar surface area (TPSA) is 84.3 Å². The second kappa shape index (κ2) is 8.91. The van der Waals surface area contributed by atoms with Crippen LogP contribution in [0.1, 0.15) is 24.5 Å². The van der Waals surface area contributed by atoms with E-state index in [0.29, 0.717) is 30.5 Å². The summed E-state index contributed by atoms with van der Waals surface area (Å²) in [6.07, 6.45) is -2.90. The maximum absolute atomic E-state index is 12.7. The smallest absolute Gasteiger partial charge is 0.420 e. The Balaban J connectivity index is 2.17. The molecule has 2 N–H and O–H groups in total. The fourth-order valence-corrected chi connectivity index (χ4v) is 2.86. The molecule has 11 heteroatoms. The summed E-state index contributed by atoms with van der Waals surface area (Å²) in [5.41, 5.74) is -0.0736. The number of hydrogen-bond donors (Lipinski definition) is 2. The first kappa shape index (κ1) is 21.5. The van der Waals surface area contributed by atoms with Crippen molar-refractivity contribution in [3.8, 4) is 5.75 Å². The van der Waals surface area contributed by atoms with Crippen molar-refractivity contribution in [1.29, 1.82) is 0 Å². The molecule has 0 bridgehead atoms. The van der Waals surface area contributed by atoms with Crippen LogP contribution >= 0.6 is 19.6 Å². The molecular weight excluding hydrogens is 406 g/mol. The molecule has 1 aromatic heterocycles. The summed E-state index contributed by atoms with van der Waals surface area (Å²) in [6.45, 7) is 1.71. The van der Waals surface area contributed by atoms with E-state index < -0.39 is 24.9 Å². The SMILES string of the molecule is COc1cc(CCC(C)[PH](=O)O)ccc1Nc1ncc(C(F)(F)F)c(Cl)n1. The average Bonchev–Trinajstić information content (AvgIpc) is 2.59. The quantitative estimate of drug-likeness (QED) is 0.496. The summed E-state index contributed by atoms with van der Waals surface area (Å²) < 4.78 is 54.5. The van der Waals surface area contributed by atoms with Gasteiger partial charge in [0.05, 0.1) is 12.8 Å². The van der Waals surface area contributed by atoms with E-state index in [2.05, 4.69) is 15.3 Å². The minimum absolute atomic E-state index is 0.105. The highest BCUT2D eigenvalue weighted by molar-refractivity contribution is 7.38. The van der Waals surface area contributed by atoms with Gasteiger partial charge in [0.1, 0.15) is 16.5 Å². The highest BCUT2D eigenvalue weighted by Crippen LogP contribution is 2.35. The lowest BCUT2D eigenvalue weighted by atomic mass is 10.1. The molecule has 2 aromatic rings. The predicted molar refractivity (Wildman–Crippen MR) is 97.3 cm³/mol. The molecule has 0 aliphatic carbocycles. The molecule has 2 atom stereocenters. The number of ether oxygens (including phenoxy) is 1. The Morgan fingerprint density at radius 1 is 1.41 bits per heavy atom. The highest BCUT2D eigenvalue weighted by atomic mass is 35.5. The molecule has 148 valence electrons. The van der Waals surface area contributed by atoms with E-state index in [1.807, 2.05) is 0 Å². The van der Waals surface area contributed by atoms with E-state index in [1.54, 1.807) is 25.1 Å². The number of alkyl halides is 3. The van der Waals surface area contributed by atoms with Crippen molar-refractivity contribution in [3.05, 3.63) is 40.7 Å². The number of nitrogens with one attached hydrogen (secondary N) is 1. The summed E-state index contributed by atoms with van der Waals surface area (Å²) in [5, 5.41) is 2.06. The number of methoxy groups -OCH3 is 1. The summed E-state index contributed by atoms with van der Waals surface area (Å²) in [4.78, 5) is 16.4. The number of aromatic nitrogens is 2. The number of hydrogen-bond acceptors (Lipinski definition) is 5. The molecule has 2 rings (SSSR count). The molecule has 0 saturated heterocycles. The first-order valence-electron chi connectivity index (χ1n) is 7.88. The number of nitrogens with zero attached hydrogens (tertiary/aromatic N) is 2. The summed E-state index contributed by atoms with van der Waals surface area (Å²) in [6, 6.07) is 5.17. The highest BCUT2D eigenvalue weighted by Gasteiger charge is 2.34. The van der Waals surface area contributed by atoms with E-state index in [1.165, 1.54) is 7.11 Å². The first-order chi connectivity index (χ1) is 12.6. The van der Waals surface area contributed by atoms with Crippen molar-refractivity contribution in [2.75, 3.05) is 12.4 Å². The number of rotatable bonds is 7. The molecule has 1 heterocycles. The van der Waals surface area contributed by atoms with Gasteiger partial charge in [-0.2, -0.15) is 13.2 Å². The van der Waals surface area contributed by atoms with Crippen molar-refractivity contribution >= 4 is 31.3 Å². The van der Waals surface area contributed by atoms with Crippen LogP contribution in [0.15, 0.2) is 24.4 Å². The summed E-state index contributed by atoms with van der Waals surface area (Å²) in [7, 11) is -1.12. The van der Waals surface area contributed by atoms with Crippen LogP contribution in [0.25, 0.3) is 0 Å². The maximum atomic E-state index is 12.7. The Bertz CT molecular complexity index is 836. The van der Waals surface area contributed by atoms with Crippen LogP contribution in [-0.2, 0) is 17.2 Å². The normalized spacial score (nSPS) is 13.9. The fraction of sp³-hybridized carbons (Fsp3) is 0.375. The molecule has 0 aliphatic heterocycles. The molecule has 0 fully saturated rings. The fourth-order valence-electron chi connectivity index (χ4n) is 2.23. The number of aryl methyl sites for hydroxylation is 1. The molecule has 0 radical (unpaired) electrons. The van der Waals surface area contributed by atoms with Gasteiger partial charge in [0.15, 0.2) is 8.03 Å². The maximum Gasteiger partial charge on any atom is 0.420 e. The lowest BCUT2D eigenvalue weighted by Crippen LogP contribution is -2.09. The lowest BCUT2D eigenvalue weighted by Gasteiger charge is -2.14. The lowest BCUT2D eigenvalue weighted by molar-refractivity contribution is -0.137. The second-order valence-electron chi connectivity index (χ2n) is 5.83. The Hall–Kier alpha value is -1.83. The molecule has 2 unspecified atom stereocenters. The Morgan fingerprint density at radius 2 is 2.11 bits per heavy atom. The summed E-state index contributed by atoms with van der Waals surface area (Å²) in [5.74, 6) is 0.322. The van der Waals surface area contributed by atoms with E-state index in [0.717, 1.165) is 5.56 Å².